The molecule has 1 aromatic heterocycles. The first-order chi connectivity index (χ1) is 10.2. The summed E-state index contributed by atoms with van der Waals surface area (Å²) < 4.78 is 0. The lowest BCUT2D eigenvalue weighted by atomic mass is 10.0. The average molecular weight is 281 g/mol. The standard InChI is InChI=1S/C16H19N5/c1-12(2)15(19-13-6-4-3-5-7-13)11-18-16-9-8-14(10-17)20-21-16/h3-9,12,15,19H,11H2,1-2H3,(H,18,21). The molecule has 0 aliphatic heterocycles. The third-order valence-corrected chi connectivity index (χ3v) is 3.21. The van der Waals surface area contributed by atoms with Crippen molar-refractivity contribution in [2.75, 3.05) is 17.2 Å². The van der Waals surface area contributed by atoms with Crippen molar-refractivity contribution in [1.29, 1.82) is 5.26 Å². The molecular formula is C16H19N5. The first-order valence-electron chi connectivity index (χ1n) is 6.98. The van der Waals surface area contributed by atoms with Crippen LogP contribution in [0.15, 0.2) is 42.5 Å². The van der Waals surface area contributed by atoms with Crippen LogP contribution in [-0.2, 0) is 0 Å². The van der Waals surface area contributed by atoms with Crippen molar-refractivity contribution in [2.24, 2.45) is 5.92 Å². The van der Waals surface area contributed by atoms with Gasteiger partial charge in [0.2, 0.25) is 0 Å². The normalized spacial score (nSPS) is 11.7. The van der Waals surface area contributed by atoms with E-state index in [1.54, 1.807) is 12.1 Å². The van der Waals surface area contributed by atoms with E-state index >= 15 is 0 Å². The molecule has 0 bridgehead atoms. The van der Waals surface area contributed by atoms with E-state index in [-0.39, 0.29) is 6.04 Å². The molecule has 5 nitrogen and oxygen atoms in total. The summed E-state index contributed by atoms with van der Waals surface area (Å²) in [5.74, 6) is 1.14. The van der Waals surface area contributed by atoms with Crippen molar-refractivity contribution in [1.82, 2.24) is 10.2 Å². The van der Waals surface area contributed by atoms with Gasteiger partial charge in [0.15, 0.2) is 5.69 Å². The van der Waals surface area contributed by atoms with Gasteiger partial charge in [-0.2, -0.15) is 5.26 Å². The first-order valence-corrected chi connectivity index (χ1v) is 6.98. The Bertz CT molecular complexity index is 586. The number of anilines is 2. The number of para-hydroxylation sites is 1. The molecule has 0 spiro atoms. The molecule has 0 radical (unpaired) electrons. The third-order valence-electron chi connectivity index (χ3n) is 3.21. The van der Waals surface area contributed by atoms with Gasteiger partial charge < -0.3 is 10.6 Å². The molecular weight excluding hydrogens is 262 g/mol. The minimum Gasteiger partial charge on any atom is -0.380 e. The fraction of sp³-hybridized carbons (Fsp3) is 0.312. The number of hydrogen-bond acceptors (Lipinski definition) is 5. The van der Waals surface area contributed by atoms with E-state index in [1.807, 2.05) is 24.3 Å². The molecule has 2 aromatic rings. The highest BCUT2D eigenvalue weighted by Crippen LogP contribution is 2.13. The van der Waals surface area contributed by atoms with E-state index in [1.165, 1.54) is 0 Å². The summed E-state index contributed by atoms with van der Waals surface area (Å²) in [6.07, 6.45) is 0. The highest BCUT2D eigenvalue weighted by atomic mass is 15.2. The van der Waals surface area contributed by atoms with E-state index in [2.05, 4.69) is 46.8 Å². The molecule has 21 heavy (non-hydrogen) atoms. The van der Waals surface area contributed by atoms with Crippen LogP contribution in [-0.4, -0.2) is 22.8 Å². The largest absolute Gasteiger partial charge is 0.380 e. The number of rotatable bonds is 6. The number of hydrogen-bond donors (Lipinski definition) is 2. The maximum absolute atomic E-state index is 8.70. The molecule has 2 rings (SSSR count). The van der Waals surface area contributed by atoms with E-state index in [0.29, 0.717) is 17.4 Å². The molecule has 0 aliphatic carbocycles. The highest BCUT2D eigenvalue weighted by molar-refractivity contribution is 5.44. The quantitative estimate of drug-likeness (QED) is 0.851. The number of nitrogens with one attached hydrogen (secondary N) is 2. The summed E-state index contributed by atoms with van der Waals surface area (Å²) in [4.78, 5) is 0. The van der Waals surface area contributed by atoms with Crippen molar-refractivity contribution < 1.29 is 0 Å². The molecule has 0 amide bonds. The van der Waals surface area contributed by atoms with E-state index < -0.39 is 0 Å². The lowest BCUT2D eigenvalue weighted by Gasteiger charge is -2.24. The van der Waals surface area contributed by atoms with Crippen LogP contribution in [0.2, 0.25) is 0 Å². The van der Waals surface area contributed by atoms with Gasteiger partial charge in [-0.15, -0.1) is 10.2 Å². The van der Waals surface area contributed by atoms with Gasteiger partial charge in [-0.3, -0.25) is 0 Å². The number of nitriles is 1. The fourth-order valence-corrected chi connectivity index (χ4v) is 1.90. The molecule has 1 aromatic carbocycles. The van der Waals surface area contributed by atoms with Crippen molar-refractivity contribution >= 4 is 11.5 Å². The SMILES string of the molecule is CC(C)C(CNc1ccc(C#N)nn1)Nc1ccccc1. The lowest BCUT2D eigenvalue weighted by molar-refractivity contribution is 0.541. The van der Waals surface area contributed by atoms with Crippen LogP contribution in [0.3, 0.4) is 0 Å². The molecule has 0 aliphatic rings. The van der Waals surface area contributed by atoms with Crippen molar-refractivity contribution in [3.63, 3.8) is 0 Å². The maximum atomic E-state index is 8.70. The average Bonchev–Trinajstić information content (AvgIpc) is 2.52. The Kier molecular flexibility index (Phi) is 5.10. The summed E-state index contributed by atoms with van der Waals surface area (Å²) in [5, 5.41) is 23.2. The fourth-order valence-electron chi connectivity index (χ4n) is 1.90. The molecule has 2 N–H and O–H groups in total. The van der Waals surface area contributed by atoms with Gasteiger partial charge in [0.25, 0.3) is 0 Å². The second-order valence-corrected chi connectivity index (χ2v) is 5.16. The lowest BCUT2D eigenvalue weighted by Crippen LogP contribution is -2.33. The summed E-state index contributed by atoms with van der Waals surface area (Å²) in [6, 6.07) is 15.8. The Morgan fingerprint density at radius 2 is 1.86 bits per heavy atom. The first kappa shape index (κ1) is 14.8. The second kappa shape index (κ2) is 7.25. The van der Waals surface area contributed by atoms with E-state index in [4.69, 9.17) is 5.26 Å². The smallest absolute Gasteiger partial charge is 0.163 e. The van der Waals surface area contributed by atoms with Gasteiger partial charge >= 0.3 is 0 Å². The van der Waals surface area contributed by atoms with Crippen molar-refractivity contribution in [2.45, 2.75) is 19.9 Å². The zero-order valence-electron chi connectivity index (χ0n) is 12.2. The summed E-state index contributed by atoms with van der Waals surface area (Å²) >= 11 is 0. The Balaban J connectivity index is 1.95. The molecule has 1 unspecified atom stereocenters. The van der Waals surface area contributed by atoms with Crippen LogP contribution in [0.25, 0.3) is 0 Å². The molecule has 108 valence electrons. The van der Waals surface area contributed by atoms with Crippen LogP contribution in [0.5, 0.6) is 0 Å². The predicted molar refractivity (Wildman–Crippen MR) is 83.9 cm³/mol. The van der Waals surface area contributed by atoms with Gasteiger partial charge in [-0.25, -0.2) is 0 Å². The molecule has 0 saturated heterocycles. The second-order valence-electron chi connectivity index (χ2n) is 5.16. The monoisotopic (exact) mass is 281 g/mol. The zero-order valence-corrected chi connectivity index (χ0v) is 12.2. The van der Waals surface area contributed by atoms with Gasteiger partial charge in [0, 0.05) is 18.3 Å². The van der Waals surface area contributed by atoms with Gasteiger partial charge in [-0.1, -0.05) is 32.0 Å². The molecule has 5 heteroatoms. The summed E-state index contributed by atoms with van der Waals surface area (Å²) in [7, 11) is 0. The number of benzene rings is 1. The Morgan fingerprint density at radius 3 is 2.43 bits per heavy atom. The van der Waals surface area contributed by atoms with Crippen LogP contribution in [0.4, 0.5) is 11.5 Å². The Labute approximate surface area is 125 Å². The van der Waals surface area contributed by atoms with E-state index in [9.17, 15) is 0 Å². The Morgan fingerprint density at radius 1 is 1.10 bits per heavy atom. The van der Waals surface area contributed by atoms with Gasteiger partial charge in [-0.05, 0) is 30.2 Å². The predicted octanol–water partition coefficient (Wildman–Crippen LogP) is 2.90. The minimum absolute atomic E-state index is 0.268. The molecule has 0 saturated carbocycles. The van der Waals surface area contributed by atoms with Crippen LogP contribution in [0, 0.1) is 17.2 Å². The number of aromatic nitrogens is 2. The van der Waals surface area contributed by atoms with Crippen molar-refractivity contribution in [3.05, 3.63) is 48.2 Å². The summed E-state index contributed by atoms with van der Waals surface area (Å²) in [5.41, 5.74) is 1.42. The van der Waals surface area contributed by atoms with Gasteiger partial charge in [0.05, 0.1) is 0 Å². The van der Waals surface area contributed by atoms with E-state index in [0.717, 1.165) is 12.2 Å². The summed E-state index contributed by atoms with van der Waals surface area (Å²) in [6.45, 7) is 5.08. The minimum atomic E-state index is 0.268. The third kappa shape index (κ3) is 4.46. The molecule has 0 fully saturated rings. The van der Waals surface area contributed by atoms with Crippen LogP contribution >= 0.6 is 0 Å². The van der Waals surface area contributed by atoms with Crippen LogP contribution < -0.4 is 10.6 Å². The van der Waals surface area contributed by atoms with Gasteiger partial charge in [0.1, 0.15) is 11.9 Å². The molecule has 1 atom stereocenters. The highest BCUT2D eigenvalue weighted by Gasteiger charge is 2.13. The topological polar surface area (TPSA) is 73.6 Å². The van der Waals surface area contributed by atoms with Crippen molar-refractivity contribution in [3.8, 4) is 6.07 Å². The zero-order chi connectivity index (χ0) is 15.1. The maximum Gasteiger partial charge on any atom is 0.163 e. The number of nitrogens with zero attached hydrogens (tertiary/aromatic N) is 3. The molecule has 1 heterocycles. The Hall–Kier alpha value is -2.61. The van der Waals surface area contributed by atoms with Crippen LogP contribution in [0.1, 0.15) is 19.5 Å².